The first-order valence-electron chi connectivity index (χ1n) is 10.3. The minimum absolute atomic E-state index is 0.0604. The van der Waals surface area contributed by atoms with Gasteiger partial charge in [-0.3, -0.25) is 0 Å². The van der Waals surface area contributed by atoms with Gasteiger partial charge in [0, 0.05) is 5.75 Å². The first-order valence-corrected chi connectivity index (χ1v) is 11.4. The normalized spacial score (nSPS) is 12.6. The summed E-state index contributed by atoms with van der Waals surface area (Å²) < 4.78 is 19.8. The van der Waals surface area contributed by atoms with Gasteiger partial charge >= 0.3 is 24.1 Å². The predicted octanol–water partition coefficient (Wildman–Crippen LogP) is 2.64. The van der Waals surface area contributed by atoms with Crippen molar-refractivity contribution in [2.75, 3.05) is 25.7 Å². The first-order chi connectivity index (χ1) is 15.6. The number of carbonyl (C=O) groups is 4. The maximum Gasteiger partial charge on any atom is 0.408 e. The number of benzene rings is 1. The zero-order valence-electron chi connectivity index (χ0n) is 19.5. The molecule has 10 nitrogen and oxygen atoms in total. The van der Waals surface area contributed by atoms with E-state index in [0.717, 1.165) is 5.56 Å². The van der Waals surface area contributed by atoms with Crippen molar-refractivity contribution < 1.29 is 38.1 Å². The van der Waals surface area contributed by atoms with Crippen LogP contribution in [0, 0.1) is 0 Å². The summed E-state index contributed by atoms with van der Waals surface area (Å²) in [5.74, 6) is -0.693. The number of ether oxygens (including phenoxy) is 4. The van der Waals surface area contributed by atoms with E-state index in [0.29, 0.717) is 5.75 Å². The Balaban J connectivity index is 2.53. The van der Waals surface area contributed by atoms with E-state index in [1.807, 2.05) is 30.3 Å². The number of thioether (sulfide) groups is 1. The fraction of sp³-hybridized carbons (Fsp3) is 0.545. The largest absolute Gasteiger partial charge is 0.467 e. The Labute approximate surface area is 198 Å². The lowest BCUT2D eigenvalue weighted by Crippen LogP contribution is -2.45. The average Bonchev–Trinajstić information content (AvgIpc) is 2.77. The third-order valence-corrected chi connectivity index (χ3v) is 5.10. The highest BCUT2D eigenvalue weighted by molar-refractivity contribution is 7.99. The summed E-state index contributed by atoms with van der Waals surface area (Å²) >= 11 is 1.29. The van der Waals surface area contributed by atoms with Crippen LogP contribution in [0.15, 0.2) is 30.3 Å². The van der Waals surface area contributed by atoms with Crippen LogP contribution in [0.5, 0.6) is 0 Å². The van der Waals surface area contributed by atoms with Gasteiger partial charge in [0.1, 0.15) is 24.3 Å². The molecule has 2 N–H and O–H groups in total. The second-order valence-corrected chi connectivity index (χ2v) is 9.02. The lowest BCUT2D eigenvalue weighted by molar-refractivity contribution is -0.143. The van der Waals surface area contributed by atoms with Gasteiger partial charge in [0.2, 0.25) is 0 Å². The first kappa shape index (κ1) is 28.1. The van der Waals surface area contributed by atoms with Crippen molar-refractivity contribution in [1.82, 2.24) is 10.6 Å². The van der Waals surface area contributed by atoms with E-state index < -0.39 is 41.8 Å². The smallest absolute Gasteiger partial charge is 0.408 e. The van der Waals surface area contributed by atoms with E-state index in [2.05, 4.69) is 10.6 Å². The molecule has 0 saturated heterocycles. The third kappa shape index (κ3) is 12.0. The Morgan fingerprint density at radius 1 is 0.909 bits per heavy atom. The zero-order valence-corrected chi connectivity index (χ0v) is 20.4. The van der Waals surface area contributed by atoms with Crippen molar-refractivity contribution in [2.45, 2.75) is 51.5 Å². The number of hydrogen-bond acceptors (Lipinski definition) is 9. The van der Waals surface area contributed by atoms with E-state index in [4.69, 9.17) is 18.9 Å². The minimum atomic E-state index is -0.946. The average molecular weight is 485 g/mol. The summed E-state index contributed by atoms with van der Waals surface area (Å²) in [6, 6.07) is 7.25. The molecule has 0 aliphatic heterocycles. The second kappa shape index (κ2) is 14.2. The molecule has 0 saturated carbocycles. The molecule has 2 atom stereocenters. The third-order valence-electron chi connectivity index (χ3n) is 4.00. The molecule has 33 heavy (non-hydrogen) atoms. The van der Waals surface area contributed by atoms with E-state index in [1.54, 1.807) is 20.8 Å². The van der Waals surface area contributed by atoms with Crippen LogP contribution >= 0.6 is 11.8 Å². The van der Waals surface area contributed by atoms with Crippen molar-refractivity contribution in [3.63, 3.8) is 0 Å². The number of amides is 2. The Bertz CT molecular complexity index is 782. The fourth-order valence-corrected chi connectivity index (χ4v) is 3.49. The molecule has 0 heterocycles. The Kier molecular flexibility index (Phi) is 12.1. The van der Waals surface area contributed by atoms with Gasteiger partial charge in [-0.15, -0.1) is 0 Å². The van der Waals surface area contributed by atoms with Crippen molar-refractivity contribution in [1.29, 1.82) is 0 Å². The summed E-state index contributed by atoms with van der Waals surface area (Å²) in [6.45, 7) is 5.19. The van der Waals surface area contributed by atoms with Crippen LogP contribution in [-0.4, -0.2) is 67.5 Å². The summed E-state index contributed by atoms with van der Waals surface area (Å²) in [6.07, 6.45) is -1.27. The lowest BCUT2D eigenvalue weighted by Gasteiger charge is -2.22. The number of esters is 2. The number of hydrogen-bond donors (Lipinski definition) is 2. The highest BCUT2D eigenvalue weighted by Crippen LogP contribution is 2.12. The second-order valence-electron chi connectivity index (χ2n) is 7.87. The van der Waals surface area contributed by atoms with Crippen LogP contribution in [0.25, 0.3) is 0 Å². The van der Waals surface area contributed by atoms with Crippen LogP contribution in [0.2, 0.25) is 0 Å². The quantitative estimate of drug-likeness (QED) is 0.277. The highest BCUT2D eigenvalue weighted by Gasteiger charge is 2.26. The molecule has 0 aliphatic carbocycles. The molecule has 0 radical (unpaired) electrons. The number of nitrogens with one attached hydrogen (secondary N) is 2. The van der Waals surface area contributed by atoms with Gasteiger partial charge in [-0.1, -0.05) is 30.3 Å². The van der Waals surface area contributed by atoms with Gasteiger partial charge in [0.05, 0.1) is 14.2 Å². The maximum absolute atomic E-state index is 12.1. The molecule has 184 valence electrons. The molecule has 11 heteroatoms. The molecule has 1 aromatic carbocycles. The van der Waals surface area contributed by atoms with Crippen molar-refractivity contribution in [3.8, 4) is 0 Å². The molecule has 1 rings (SSSR count). The standard InChI is InChI=1S/C22H32N2O8S/c1-22(2,3)32-21(28)23-16(18(25)29-4)11-12-33-14-17(19(26)30-5)24-20(27)31-13-15-9-7-6-8-10-15/h6-10,16-17H,11-14H2,1-5H3,(H,23,28)(H,24,27)/t16-,17+/m0/s1. The molecule has 1 aromatic rings. The maximum atomic E-state index is 12.1. The summed E-state index contributed by atoms with van der Waals surface area (Å²) in [4.78, 5) is 48.1. The summed E-state index contributed by atoms with van der Waals surface area (Å²) in [5, 5.41) is 4.96. The Morgan fingerprint density at radius 2 is 1.48 bits per heavy atom. The SMILES string of the molecule is COC(=O)[C@H](CCSC[C@@H](NC(=O)OCc1ccccc1)C(=O)OC)NC(=O)OC(C)(C)C. The Morgan fingerprint density at radius 3 is 2.06 bits per heavy atom. The Hall–Kier alpha value is -2.95. The number of alkyl carbamates (subject to hydrolysis) is 2. The summed E-state index contributed by atoms with van der Waals surface area (Å²) in [5.41, 5.74) is 0.0941. The van der Waals surface area contributed by atoms with Crippen molar-refractivity contribution >= 4 is 35.9 Å². The number of carbonyl (C=O) groups excluding carboxylic acids is 4. The molecule has 0 spiro atoms. The molecule has 0 fully saturated rings. The molecular weight excluding hydrogens is 452 g/mol. The molecule has 0 aliphatic rings. The van der Waals surface area contributed by atoms with Crippen LogP contribution in [0.4, 0.5) is 9.59 Å². The number of methoxy groups -OCH3 is 2. The van der Waals surface area contributed by atoms with Crippen molar-refractivity contribution in [2.24, 2.45) is 0 Å². The zero-order chi connectivity index (χ0) is 24.9. The van der Waals surface area contributed by atoms with E-state index >= 15 is 0 Å². The topological polar surface area (TPSA) is 129 Å². The van der Waals surface area contributed by atoms with Crippen LogP contribution < -0.4 is 10.6 Å². The van der Waals surface area contributed by atoms with Gasteiger partial charge in [0.25, 0.3) is 0 Å². The van der Waals surface area contributed by atoms with Gasteiger partial charge < -0.3 is 29.6 Å². The van der Waals surface area contributed by atoms with E-state index in [9.17, 15) is 19.2 Å². The lowest BCUT2D eigenvalue weighted by atomic mass is 10.2. The molecule has 0 aromatic heterocycles. The van der Waals surface area contributed by atoms with E-state index in [1.165, 1.54) is 26.0 Å². The minimum Gasteiger partial charge on any atom is -0.467 e. The molecular formula is C22H32N2O8S. The van der Waals surface area contributed by atoms with Gasteiger partial charge in [-0.25, -0.2) is 19.2 Å². The highest BCUT2D eigenvalue weighted by atomic mass is 32.2. The predicted molar refractivity (Wildman–Crippen MR) is 123 cm³/mol. The van der Waals surface area contributed by atoms with Crippen LogP contribution in [0.3, 0.4) is 0 Å². The van der Waals surface area contributed by atoms with Gasteiger partial charge in [-0.05, 0) is 38.5 Å². The molecule has 0 bridgehead atoms. The van der Waals surface area contributed by atoms with Gasteiger partial charge in [0.15, 0.2) is 0 Å². The monoisotopic (exact) mass is 484 g/mol. The summed E-state index contributed by atoms with van der Waals surface area (Å²) in [7, 11) is 2.44. The van der Waals surface area contributed by atoms with Crippen molar-refractivity contribution in [3.05, 3.63) is 35.9 Å². The van der Waals surface area contributed by atoms with Crippen LogP contribution in [-0.2, 0) is 35.1 Å². The number of rotatable bonds is 11. The van der Waals surface area contributed by atoms with Gasteiger partial charge in [-0.2, -0.15) is 11.8 Å². The van der Waals surface area contributed by atoms with Crippen LogP contribution in [0.1, 0.15) is 32.8 Å². The van der Waals surface area contributed by atoms with E-state index in [-0.39, 0.29) is 18.8 Å². The fourth-order valence-electron chi connectivity index (χ4n) is 2.46. The molecule has 0 unspecified atom stereocenters. The molecule has 2 amide bonds.